The molecule has 0 bridgehead atoms. The van der Waals surface area contributed by atoms with Crippen LogP contribution in [0.4, 0.5) is 0 Å². The van der Waals surface area contributed by atoms with Crippen molar-refractivity contribution in [3.8, 4) is 0 Å². The quantitative estimate of drug-likeness (QED) is 0.840. The predicted molar refractivity (Wildman–Crippen MR) is 81.0 cm³/mol. The van der Waals surface area contributed by atoms with Gasteiger partial charge in [-0.25, -0.2) is 0 Å². The Hall–Kier alpha value is -1.19. The number of aliphatic hydroxyl groups excluding tert-OH is 1. The summed E-state index contributed by atoms with van der Waals surface area (Å²) in [6.07, 6.45) is 4.51. The summed E-state index contributed by atoms with van der Waals surface area (Å²) in [5, 5.41) is 10.0. The fourth-order valence-corrected chi connectivity index (χ4v) is 3.01. The van der Waals surface area contributed by atoms with Crippen molar-refractivity contribution in [3.63, 3.8) is 0 Å². The molecular weight excluding hydrogens is 250 g/mol. The summed E-state index contributed by atoms with van der Waals surface area (Å²) < 4.78 is 0. The summed E-state index contributed by atoms with van der Waals surface area (Å²) in [6.45, 7) is 2.72. The molecular formula is C17H25NO2. The molecule has 0 radical (unpaired) electrons. The van der Waals surface area contributed by atoms with E-state index in [1.54, 1.807) is 0 Å². The minimum Gasteiger partial charge on any atom is -0.391 e. The average Bonchev–Trinajstić information content (AvgIpc) is 2.45. The van der Waals surface area contributed by atoms with Gasteiger partial charge in [0.15, 0.2) is 5.78 Å². The summed E-state index contributed by atoms with van der Waals surface area (Å²) >= 11 is 0. The molecule has 2 unspecified atom stereocenters. The average molecular weight is 275 g/mol. The van der Waals surface area contributed by atoms with Crippen LogP contribution >= 0.6 is 0 Å². The van der Waals surface area contributed by atoms with E-state index in [2.05, 4.69) is 4.90 Å². The number of benzene rings is 1. The number of carbonyl (C=O) groups is 1. The van der Waals surface area contributed by atoms with Gasteiger partial charge in [0.05, 0.1) is 6.10 Å². The maximum atomic E-state index is 12.2. The van der Waals surface area contributed by atoms with E-state index in [1.165, 1.54) is 6.42 Å². The summed E-state index contributed by atoms with van der Waals surface area (Å²) in [6, 6.07) is 7.97. The Balaban J connectivity index is 1.86. The van der Waals surface area contributed by atoms with Crippen molar-refractivity contribution in [3.05, 3.63) is 35.4 Å². The van der Waals surface area contributed by atoms with Gasteiger partial charge in [-0.3, -0.25) is 4.79 Å². The van der Waals surface area contributed by atoms with Crippen molar-refractivity contribution in [1.29, 1.82) is 0 Å². The third kappa shape index (κ3) is 3.90. The molecule has 0 saturated heterocycles. The fourth-order valence-electron chi connectivity index (χ4n) is 3.01. The van der Waals surface area contributed by atoms with E-state index < -0.39 is 0 Å². The second-order valence-corrected chi connectivity index (χ2v) is 5.94. The number of hydrogen-bond donors (Lipinski definition) is 1. The molecule has 2 atom stereocenters. The van der Waals surface area contributed by atoms with Crippen LogP contribution in [0.5, 0.6) is 0 Å². The molecule has 1 aromatic carbocycles. The topological polar surface area (TPSA) is 40.5 Å². The predicted octanol–water partition coefficient (Wildman–Crippen LogP) is 2.80. The molecule has 3 heteroatoms. The normalized spacial score (nSPS) is 23.0. The first-order valence-corrected chi connectivity index (χ1v) is 7.56. The number of likely N-dealkylation sites (N-methyl/N-ethyl adjacent to an activating group) is 1. The lowest BCUT2D eigenvalue weighted by atomic mass is 9.91. The van der Waals surface area contributed by atoms with E-state index >= 15 is 0 Å². The molecule has 0 heterocycles. The van der Waals surface area contributed by atoms with E-state index in [0.717, 1.165) is 30.4 Å². The molecule has 1 aliphatic rings. The molecule has 0 amide bonds. The Morgan fingerprint density at radius 1 is 1.35 bits per heavy atom. The highest BCUT2D eigenvalue weighted by Gasteiger charge is 2.26. The molecule has 0 spiro atoms. The third-order valence-electron chi connectivity index (χ3n) is 4.29. The fraction of sp³-hybridized carbons (Fsp3) is 0.588. The Labute approximate surface area is 121 Å². The largest absolute Gasteiger partial charge is 0.391 e. The molecule has 1 N–H and O–H groups in total. The summed E-state index contributed by atoms with van der Waals surface area (Å²) in [7, 11) is 2.02. The summed E-state index contributed by atoms with van der Waals surface area (Å²) in [5.74, 6) is 0.186. The lowest BCUT2D eigenvalue weighted by Crippen LogP contribution is -2.44. The lowest BCUT2D eigenvalue weighted by molar-refractivity contribution is 0.0315. The Morgan fingerprint density at radius 2 is 2.10 bits per heavy atom. The van der Waals surface area contributed by atoms with Gasteiger partial charge in [-0.15, -0.1) is 0 Å². The van der Waals surface area contributed by atoms with Crippen molar-refractivity contribution in [2.75, 3.05) is 13.6 Å². The van der Waals surface area contributed by atoms with Gasteiger partial charge < -0.3 is 10.0 Å². The van der Waals surface area contributed by atoms with Crippen LogP contribution in [0, 0.1) is 6.92 Å². The zero-order chi connectivity index (χ0) is 14.5. The number of carbonyl (C=O) groups excluding carboxylic acids is 1. The highest BCUT2D eigenvalue weighted by Crippen LogP contribution is 2.22. The van der Waals surface area contributed by atoms with E-state index in [4.69, 9.17) is 0 Å². The molecule has 20 heavy (non-hydrogen) atoms. The first kappa shape index (κ1) is 15.2. The van der Waals surface area contributed by atoms with Gasteiger partial charge in [-0.2, -0.15) is 0 Å². The number of Topliss-reactive ketones (excluding diaryl/α,β-unsaturated/α-hetero) is 1. The molecule has 2 rings (SSSR count). The van der Waals surface area contributed by atoms with Crippen LogP contribution in [0.15, 0.2) is 24.3 Å². The Bertz CT molecular complexity index is 458. The van der Waals surface area contributed by atoms with Crippen LogP contribution in [0.2, 0.25) is 0 Å². The number of rotatable bonds is 5. The lowest BCUT2D eigenvalue weighted by Gasteiger charge is -2.35. The van der Waals surface area contributed by atoms with Crippen LogP contribution in [0.25, 0.3) is 0 Å². The molecule has 1 fully saturated rings. The summed E-state index contributed by atoms with van der Waals surface area (Å²) in [5.41, 5.74) is 1.91. The Kier molecular flexibility index (Phi) is 5.32. The summed E-state index contributed by atoms with van der Waals surface area (Å²) in [4.78, 5) is 14.3. The van der Waals surface area contributed by atoms with Crippen LogP contribution < -0.4 is 0 Å². The van der Waals surface area contributed by atoms with E-state index in [0.29, 0.717) is 13.0 Å². The zero-order valence-electron chi connectivity index (χ0n) is 12.5. The maximum absolute atomic E-state index is 12.2. The smallest absolute Gasteiger partial charge is 0.164 e. The van der Waals surface area contributed by atoms with Crippen molar-refractivity contribution in [2.24, 2.45) is 0 Å². The van der Waals surface area contributed by atoms with Crippen LogP contribution in [-0.2, 0) is 0 Å². The van der Waals surface area contributed by atoms with Gasteiger partial charge in [0.1, 0.15) is 0 Å². The van der Waals surface area contributed by atoms with Gasteiger partial charge >= 0.3 is 0 Å². The monoisotopic (exact) mass is 275 g/mol. The zero-order valence-corrected chi connectivity index (χ0v) is 12.5. The van der Waals surface area contributed by atoms with Crippen molar-refractivity contribution in [2.45, 2.75) is 51.2 Å². The molecule has 110 valence electrons. The molecule has 1 saturated carbocycles. The highest BCUT2D eigenvalue weighted by molar-refractivity contribution is 5.96. The first-order chi connectivity index (χ1) is 9.58. The van der Waals surface area contributed by atoms with Crippen molar-refractivity contribution < 1.29 is 9.90 Å². The van der Waals surface area contributed by atoms with Crippen LogP contribution in [0.1, 0.15) is 48.0 Å². The van der Waals surface area contributed by atoms with Gasteiger partial charge in [0, 0.05) is 24.6 Å². The SMILES string of the molecule is Cc1cccc(C(=O)CCN(C)C2CCCCC2O)c1. The van der Waals surface area contributed by atoms with E-state index in [9.17, 15) is 9.90 Å². The van der Waals surface area contributed by atoms with Gasteiger partial charge in [-0.1, -0.05) is 36.6 Å². The maximum Gasteiger partial charge on any atom is 0.164 e. The third-order valence-corrected chi connectivity index (χ3v) is 4.29. The Morgan fingerprint density at radius 3 is 2.80 bits per heavy atom. The second-order valence-electron chi connectivity index (χ2n) is 5.94. The van der Waals surface area contributed by atoms with Gasteiger partial charge in [0.25, 0.3) is 0 Å². The van der Waals surface area contributed by atoms with E-state index in [1.807, 2.05) is 38.2 Å². The number of aryl methyl sites for hydroxylation is 1. The number of hydrogen-bond acceptors (Lipinski definition) is 3. The van der Waals surface area contributed by atoms with Crippen LogP contribution in [-0.4, -0.2) is 41.5 Å². The van der Waals surface area contributed by atoms with Crippen molar-refractivity contribution >= 4 is 5.78 Å². The van der Waals surface area contributed by atoms with Gasteiger partial charge in [0.2, 0.25) is 0 Å². The number of nitrogens with zero attached hydrogens (tertiary/aromatic N) is 1. The molecule has 3 nitrogen and oxygen atoms in total. The molecule has 1 aliphatic carbocycles. The van der Waals surface area contributed by atoms with E-state index in [-0.39, 0.29) is 17.9 Å². The van der Waals surface area contributed by atoms with Crippen molar-refractivity contribution in [1.82, 2.24) is 4.90 Å². The number of ketones is 1. The minimum atomic E-state index is -0.233. The van der Waals surface area contributed by atoms with Crippen LogP contribution in [0.3, 0.4) is 0 Å². The molecule has 0 aliphatic heterocycles. The minimum absolute atomic E-state index is 0.186. The highest BCUT2D eigenvalue weighted by atomic mass is 16.3. The molecule has 1 aromatic rings. The standard InChI is InChI=1S/C17H25NO2/c1-13-6-5-7-14(12-13)16(19)10-11-18(2)15-8-3-4-9-17(15)20/h5-7,12,15,17,20H,3-4,8-11H2,1-2H3. The van der Waals surface area contributed by atoms with Gasteiger partial charge in [-0.05, 0) is 32.9 Å². The number of aliphatic hydroxyl groups is 1. The molecule has 0 aromatic heterocycles. The first-order valence-electron chi connectivity index (χ1n) is 7.56. The second kappa shape index (κ2) is 7.00.